The minimum atomic E-state index is -0.953. The van der Waals surface area contributed by atoms with Crippen molar-refractivity contribution in [1.29, 1.82) is 0 Å². The molecule has 44 heavy (non-hydrogen) atoms. The Morgan fingerprint density at radius 1 is 0.818 bits per heavy atom. The van der Waals surface area contributed by atoms with Gasteiger partial charge in [0.2, 0.25) is 5.91 Å². The Morgan fingerprint density at radius 3 is 1.55 bits per heavy atom. The third kappa shape index (κ3) is 23.9. The van der Waals surface area contributed by atoms with Gasteiger partial charge in [-0.15, -0.1) is 0 Å². The molecular weight excluding hydrogens is 554 g/mol. The number of ether oxygens (including phenoxy) is 1. The van der Waals surface area contributed by atoms with Crippen molar-refractivity contribution in [1.82, 2.24) is 5.32 Å². The van der Waals surface area contributed by atoms with E-state index in [-0.39, 0.29) is 82.0 Å². The van der Waals surface area contributed by atoms with Crippen molar-refractivity contribution in [2.45, 2.75) is 150 Å². The number of cyclic esters (lactones) is 2. The summed E-state index contributed by atoms with van der Waals surface area (Å²) in [6.45, 7) is 30.3. The van der Waals surface area contributed by atoms with Crippen LogP contribution < -0.4 is 5.32 Å². The lowest BCUT2D eigenvalue weighted by Gasteiger charge is -2.33. The highest BCUT2D eigenvalue weighted by molar-refractivity contribution is 5.94. The molecule has 1 aliphatic heterocycles. The van der Waals surface area contributed by atoms with Gasteiger partial charge in [0, 0.05) is 7.05 Å². The molecule has 0 saturated carbocycles. The highest BCUT2D eigenvalue weighted by Gasteiger charge is 2.35. The van der Waals surface area contributed by atoms with Crippen LogP contribution in [0.3, 0.4) is 0 Å². The maximum absolute atomic E-state index is 11.8. The van der Waals surface area contributed by atoms with E-state index in [1.807, 2.05) is 0 Å². The van der Waals surface area contributed by atoms with E-state index in [0.29, 0.717) is 12.8 Å². The number of esters is 2. The van der Waals surface area contributed by atoms with Gasteiger partial charge in [-0.2, -0.15) is 0 Å². The fourth-order valence-corrected chi connectivity index (χ4v) is 6.54. The van der Waals surface area contributed by atoms with Crippen LogP contribution in [0.2, 0.25) is 0 Å². The molecule has 0 aliphatic carbocycles. The van der Waals surface area contributed by atoms with Gasteiger partial charge in [-0.3, -0.25) is 19.2 Å². The minimum absolute atomic E-state index is 0. The summed E-state index contributed by atoms with van der Waals surface area (Å²) >= 11 is 0. The standard InChI is InChI=1S/C17H31NO3.C16H26O3.4CH4/c1-12(10-17(5,6)11-16(2,3)4)8-13(9-14(19)20)15(21)18-7;1-11(7-12-8-13(17)19-14(12)18)9-16(5,6)10-15(2,3)4;;;;/h13H,1,8-11H2,2-7H3,(H,18,21)(H,19,20);12H,1,7-10H2,2-6H3;4*1H4. The predicted molar refractivity (Wildman–Crippen MR) is 188 cm³/mol. The fourth-order valence-electron chi connectivity index (χ4n) is 6.54. The third-order valence-corrected chi connectivity index (χ3v) is 6.54. The molecule has 1 aliphatic rings. The second-order valence-electron chi connectivity index (χ2n) is 15.7. The van der Waals surface area contributed by atoms with Gasteiger partial charge in [-0.25, -0.2) is 0 Å². The first-order chi connectivity index (χ1) is 17.8. The molecule has 1 rings (SSSR count). The lowest BCUT2D eigenvalue weighted by atomic mass is 9.72. The smallest absolute Gasteiger partial charge is 0.317 e. The summed E-state index contributed by atoms with van der Waals surface area (Å²) in [6.07, 6.45) is 4.86. The monoisotopic (exact) mass is 628 g/mol. The molecule has 0 aromatic carbocycles. The highest BCUT2D eigenvalue weighted by atomic mass is 16.6. The van der Waals surface area contributed by atoms with Gasteiger partial charge in [-0.1, -0.05) is 123 Å². The molecule has 1 saturated heterocycles. The van der Waals surface area contributed by atoms with Crippen molar-refractivity contribution < 1.29 is 29.0 Å². The van der Waals surface area contributed by atoms with Crippen molar-refractivity contribution in [3.63, 3.8) is 0 Å². The van der Waals surface area contributed by atoms with Crippen LogP contribution in [-0.2, 0) is 23.9 Å². The van der Waals surface area contributed by atoms with Gasteiger partial charge in [0.05, 0.1) is 24.7 Å². The molecule has 2 unspecified atom stereocenters. The van der Waals surface area contributed by atoms with Crippen LogP contribution in [0.4, 0.5) is 0 Å². The van der Waals surface area contributed by atoms with Crippen molar-refractivity contribution >= 4 is 23.8 Å². The summed E-state index contributed by atoms with van der Waals surface area (Å²) in [6, 6.07) is 0. The predicted octanol–water partition coefficient (Wildman–Crippen LogP) is 10.0. The molecule has 0 aromatic rings. The SMILES string of the molecule is C.C.C.C.C=C(CC(CC(=O)O)C(=O)NC)CC(C)(C)CC(C)(C)C.C=C(CC1CC(=O)OC1=O)CC(C)(C)CC(C)(C)C. The maximum Gasteiger partial charge on any atom is 0.317 e. The highest BCUT2D eigenvalue weighted by Crippen LogP contribution is 2.40. The van der Waals surface area contributed by atoms with E-state index >= 15 is 0 Å². The number of hydrogen-bond acceptors (Lipinski definition) is 5. The average molecular weight is 628 g/mol. The molecule has 1 amide bonds. The number of hydrogen-bond donors (Lipinski definition) is 2. The Hall–Kier alpha value is -2.44. The number of nitrogens with one attached hydrogen (secondary N) is 1. The van der Waals surface area contributed by atoms with Gasteiger partial charge in [-0.05, 0) is 60.2 Å². The van der Waals surface area contributed by atoms with Crippen LogP contribution in [0.25, 0.3) is 0 Å². The molecule has 1 heterocycles. The quantitative estimate of drug-likeness (QED) is 0.119. The van der Waals surface area contributed by atoms with E-state index in [1.54, 1.807) is 0 Å². The molecule has 2 atom stereocenters. The molecule has 0 spiro atoms. The zero-order valence-corrected chi connectivity index (χ0v) is 27.2. The molecule has 7 nitrogen and oxygen atoms in total. The van der Waals surface area contributed by atoms with Crippen LogP contribution >= 0.6 is 0 Å². The summed E-state index contributed by atoms with van der Waals surface area (Å²) in [5.41, 5.74) is 2.72. The lowest BCUT2D eigenvalue weighted by Crippen LogP contribution is -2.30. The first-order valence-electron chi connectivity index (χ1n) is 14.4. The number of aliphatic carboxylic acids is 1. The summed E-state index contributed by atoms with van der Waals surface area (Å²) in [5, 5.41) is 11.5. The van der Waals surface area contributed by atoms with Crippen molar-refractivity contribution in [3.05, 3.63) is 24.3 Å². The largest absolute Gasteiger partial charge is 0.481 e. The van der Waals surface area contributed by atoms with Gasteiger partial charge in [0.15, 0.2) is 0 Å². The van der Waals surface area contributed by atoms with Crippen molar-refractivity contribution in [2.75, 3.05) is 7.05 Å². The molecule has 7 heteroatoms. The zero-order chi connectivity index (χ0) is 31.7. The van der Waals surface area contributed by atoms with Crippen LogP contribution in [0.1, 0.15) is 150 Å². The number of rotatable bonds is 13. The number of carbonyl (C=O) groups is 4. The van der Waals surface area contributed by atoms with E-state index in [4.69, 9.17) is 5.11 Å². The van der Waals surface area contributed by atoms with Crippen LogP contribution in [0.15, 0.2) is 24.3 Å². The number of carbonyl (C=O) groups excluding carboxylic acids is 3. The van der Waals surface area contributed by atoms with Crippen LogP contribution in [0, 0.1) is 33.5 Å². The molecule has 262 valence electrons. The first-order valence-corrected chi connectivity index (χ1v) is 14.4. The summed E-state index contributed by atoms with van der Waals surface area (Å²) < 4.78 is 4.57. The number of carboxylic acids is 1. The summed E-state index contributed by atoms with van der Waals surface area (Å²) in [7, 11) is 1.53. The van der Waals surface area contributed by atoms with E-state index in [1.165, 1.54) is 7.05 Å². The minimum Gasteiger partial charge on any atom is -0.481 e. The maximum atomic E-state index is 11.8. The van der Waals surface area contributed by atoms with E-state index in [0.717, 1.165) is 36.8 Å². The second kappa shape index (κ2) is 20.6. The molecule has 1 fully saturated rings. The van der Waals surface area contributed by atoms with E-state index < -0.39 is 17.9 Å². The van der Waals surface area contributed by atoms with Gasteiger partial charge < -0.3 is 15.2 Å². The molecule has 0 bridgehead atoms. The van der Waals surface area contributed by atoms with Gasteiger partial charge >= 0.3 is 17.9 Å². The molecular formula is C37H73NO6. The number of allylic oxidation sites excluding steroid dienone is 2. The van der Waals surface area contributed by atoms with Crippen molar-refractivity contribution in [2.24, 2.45) is 33.5 Å². The lowest BCUT2D eigenvalue weighted by molar-refractivity contribution is -0.153. The molecule has 2 N–H and O–H groups in total. The summed E-state index contributed by atoms with van der Waals surface area (Å²) in [5.74, 6) is -2.83. The van der Waals surface area contributed by atoms with Gasteiger partial charge in [0.25, 0.3) is 0 Å². The average Bonchev–Trinajstić information content (AvgIpc) is 2.98. The number of amides is 1. The third-order valence-electron chi connectivity index (χ3n) is 6.54. The Labute approximate surface area is 273 Å². The van der Waals surface area contributed by atoms with E-state index in [2.05, 4.69) is 92.4 Å². The Bertz CT molecular complexity index is 931. The Balaban J connectivity index is -0.000000212. The van der Waals surface area contributed by atoms with Crippen molar-refractivity contribution in [3.8, 4) is 0 Å². The fraction of sp³-hybridized carbons (Fsp3) is 0.784. The van der Waals surface area contributed by atoms with Crippen LogP contribution in [0.5, 0.6) is 0 Å². The van der Waals surface area contributed by atoms with Gasteiger partial charge in [0.1, 0.15) is 0 Å². The Morgan fingerprint density at radius 2 is 1.23 bits per heavy atom. The second-order valence-corrected chi connectivity index (χ2v) is 15.7. The topological polar surface area (TPSA) is 110 Å². The first kappa shape index (κ1) is 51.2. The normalized spacial score (nSPS) is 15.4. The Kier molecular flexibility index (Phi) is 23.9. The molecule has 0 radical (unpaired) electrons. The van der Waals surface area contributed by atoms with E-state index in [9.17, 15) is 19.2 Å². The van der Waals surface area contributed by atoms with Crippen LogP contribution in [-0.4, -0.2) is 36.0 Å². The molecule has 0 aromatic heterocycles. The zero-order valence-electron chi connectivity index (χ0n) is 27.2. The summed E-state index contributed by atoms with van der Waals surface area (Å²) in [4.78, 5) is 45.1. The number of carboxylic acid groups (broad SMARTS) is 1.